The van der Waals surface area contributed by atoms with Crippen LogP contribution in [0.15, 0.2) is 64.6 Å². The number of amides is 1. The normalized spacial score (nSPS) is 10.5. The minimum absolute atomic E-state index is 0.150. The summed E-state index contributed by atoms with van der Waals surface area (Å²) in [6.45, 7) is -0.160. The van der Waals surface area contributed by atoms with E-state index in [1.165, 1.54) is 13.3 Å². The van der Waals surface area contributed by atoms with E-state index in [0.717, 1.165) is 10.5 Å². The van der Waals surface area contributed by atoms with Gasteiger partial charge in [0.05, 0.1) is 13.3 Å². The van der Waals surface area contributed by atoms with Gasteiger partial charge in [-0.25, -0.2) is 10.2 Å². The molecule has 0 saturated carbocycles. The van der Waals surface area contributed by atoms with E-state index >= 15 is 0 Å². The summed E-state index contributed by atoms with van der Waals surface area (Å²) in [7, 11) is 1.30. The number of thioether (sulfide) groups is 1. The second-order valence-electron chi connectivity index (χ2n) is 5.14. The molecule has 7 heteroatoms. The van der Waals surface area contributed by atoms with Gasteiger partial charge in [0.25, 0.3) is 0 Å². The Balaban J connectivity index is 1.73. The number of rotatable bonds is 9. The molecule has 2 aromatic rings. The van der Waals surface area contributed by atoms with E-state index < -0.39 is 5.97 Å². The Hall–Kier alpha value is -2.80. The van der Waals surface area contributed by atoms with E-state index in [1.54, 1.807) is 30.0 Å². The van der Waals surface area contributed by atoms with E-state index in [0.29, 0.717) is 17.9 Å². The molecule has 1 N–H and O–H groups in total. The van der Waals surface area contributed by atoms with Gasteiger partial charge in [0.15, 0.2) is 6.61 Å². The van der Waals surface area contributed by atoms with Crippen molar-refractivity contribution < 1.29 is 19.1 Å². The van der Waals surface area contributed by atoms with Gasteiger partial charge in [-0.3, -0.25) is 4.79 Å². The molecule has 0 radical (unpaired) electrons. The highest BCUT2D eigenvalue weighted by atomic mass is 32.2. The molecule has 0 bridgehead atoms. The molecular formula is C19H20N2O4S. The van der Waals surface area contributed by atoms with Gasteiger partial charge in [0, 0.05) is 17.1 Å². The van der Waals surface area contributed by atoms with Gasteiger partial charge < -0.3 is 9.47 Å². The number of hydrogen-bond donors (Lipinski definition) is 1. The Morgan fingerprint density at radius 1 is 1.15 bits per heavy atom. The van der Waals surface area contributed by atoms with Crippen LogP contribution in [0.5, 0.6) is 5.75 Å². The number of hydrazone groups is 1. The lowest BCUT2D eigenvalue weighted by molar-refractivity contribution is -0.142. The Kier molecular flexibility index (Phi) is 8.21. The van der Waals surface area contributed by atoms with Crippen molar-refractivity contribution in [3.63, 3.8) is 0 Å². The van der Waals surface area contributed by atoms with Crippen LogP contribution in [0, 0.1) is 0 Å². The fourth-order valence-corrected chi connectivity index (χ4v) is 2.77. The summed E-state index contributed by atoms with van der Waals surface area (Å²) in [6.07, 6.45) is 1.90. The molecule has 0 atom stereocenters. The number of nitrogens with zero attached hydrogens (tertiary/aromatic N) is 1. The number of carbonyl (C=O) groups excluding carboxylic acids is 2. The predicted octanol–water partition coefficient (Wildman–Crippen LogP) is 2.87. The first-order chi connectivity index (χ1) is 12.7. The Morgan fingerprint density at radius 3 is 2.73 bits per heavy atom. The smallest absolute Gasteiger partial charge is 0.343 e. The van der Waals surface area contributed by atoms with Crippen molar-refractivity contribution in [2.75, 3.05) is 19.5 Å². The van der Waals surface area contributed by atoms with E-state index in [9.17, 15) is 9.59 Å². The number of esters is 1. The van der Waals surface area contributed by atoms with E-state index in [4.69, 9.17) is 4.74 Å². The number of methoxy groups -OCH3 is 1. The topological polar surface area (TPSA) is 77.0 Å². The summed E-state index contributed by atoms with van der Waals surface area (Å²) >= 11 is 1.62. The molecule has 6 nitrogen and oxygen atoms in total. The SMILES string of the molecule is COC(=O)COc1cccc(C=NNC(=O)CCSc2ccccc2)c1. The van der Waals surface area contributed by atoms with Crippen molar-refractivity contribution in [2.24, 2.45) is 5.10 Å². The molecule has 0 fully saturated rings. The first-order valence-corrected chi connectivity index (χ1v) is 8.95. The minimum Gasteiger partial charge on any atom is -0.482 e. The fourth-order valence-electron chi connectivity index (χ4n) is 1.90. The lowest BCUT2D eigenvalue weighted by atomic mass is 10.2. The van der Waals surface area contributed by atoms with Crippen LogP contribution in [0.1, 0.15) is 12.0 Å². The molecule has 26 heavy (non-hydrogen) atoms. The third kappa shape index (κ3) is 7.40. The van der Waals surface area contributed by atoms with Crippen molar-refractivity contribution in [1.82, 2.24) is 5.43 Å². The number of hydrogen-bond acceptors (Lipinski definition) is 6. The second-order valence-corrected chi connectivity index (χ2v) is 6.31. The molecule has 0 aliphatic carbocycles. The highest BCUT2D eigenvalue weighted by Gasteiger charge is 2.03. The van der Waals surface area contributed by atoms with E-state index in [1.807, 2.05) is 36.4 Å². The summed E-state index contributed by atoms with van der Waals surface area (Å²) in [5.74, 6) is 0.597. The lowest BCUT2D eigenvalue weighted by Gasteiger charge is -2.05. The molecule has 0 spiro atoms. The fraction of sp³-hybridized carbons (Fsp3) is 0.211. The average molecular weight is 372 g/mol. The summed E-state index contributed by atoms with van der Waals surface area (Å²) in [5.41, 5.74) is 3.24. The van der Waals surface area contributed by atoms with Gasteiger partial charge in [0.2, 0.25) is 5.91 Å². The van der Waals surface area contributed by atoms with E-state index in [2.05, 4.69) is 15.3 Å². The van der Waals surface area contributed by atoms with Crippen LogP contribution >= 0.6 is 11.8 Å². The quantitative estimate of drug-likeness (QED) is 0.317. The predicted molar refractivity (Wildman–Crippen MR) is 101 cm³/mol. The van der Waals surface area contributed by atoms with E-state index in [-0.39, 0.29) is 12.5 Å². The Morgan fingerprint density at radius 2 is 1.96 bits per heavy atom. The van der Waals surface area contributed by atoms with Gasteiger partial charge in [-0.1, -0.05) is 30.3 Å². The summed E-state index contributed by atoms with van der Waals surface area (Å²) < 4.78 is 9.81. The molecule has 136 valence electrons. The van der Waals surface area contributed by atoms with Gasteiger partial charge in [-0.05, 0) is 29.8 Å². The maximum absolute atomic E-state index is 11.8. The van der Waals surface area contributed by atoms with Gasteiger partial charge in [-0.15, -0.1) is 11.8 Å². The molecule has 0 aliphatic rings. The molecule has 0 unspecified atom stereocenters. The third-order valence-corrected chi connectivity index (χ3v) is 4.20. The Labute approximate surface area is 156 Å². The van der Waals surface area contributed by atoms with Crippen LogP contribution in [-0.4, -0.2) is 37.6 Å². The van der Waals surface area contributed by atoms with Crippen LogP contribution < -0.4 is 10.2 Å². The van der Waals surface area contributed by atoms with Crippen LogP contribution in [0.3, 0.4) is 0 Å². The van der Waals surface area contributed by atoms with Crippen LogP contribution in [0.4, 0.5) is 0 Å². The zero-order valence-electron chi connectivity index (χ0n) is 14.4. The molecule has 0 aliphatic heterocycles. The molecule has 0 aromatic heterocycles. The van der Waals surface area contributed by atoms with Crippen molar-refractivity contribution >= 4 is 29.9 Å². The van der Waals surface area contributed by atoms with Gasteiger partial charge >= 0.3 is 5.97 Å². The first-order valence-electron chi connectivity index (χ1n) is 7.97. The zero-order valence-corrected chi connectivity index (χ0v) is 15.2. The number of carbonyl (C=O) groups is 2. The monoisotopic (exact) mass is 372 g/mol. The summed E-state index contributed by atoms with van der Waals surface area (Å²) in [4.78, 5) is 24.0. The highest BCUT2D eigenvalue weighted by Crippen LogP contribution is 2.17. The molecule has 2 rings (SSSR count). The summed E-state index contributed by atoms with van der Waals surface area (Å²) in [6, 6.07) is 16.9. The minimum atomic E-state index is -0.454. The molecule has 0 saturated heterocycles. The third-order valence-electron chi connectivity index (χ3n) is 3.19. The number of benzene rings is 2. The van der Waals surface area contributed by atoms with Crippen molar-refractivity contribution in [1.29, 1.82) is 0 Å². The number of ether oxygens (including phenoxy) is 2. The van der Waals surface area contributed by atoms with Crippen molar-refractivity contribution in [3.8, 4) is 5.75 Å². The highest BCUT2D eigenvalue weighted by molar-refractivity contribution is 7.99. The molecule has 2 aromatic carbocycles. The molecule has 1 amide bonds. The largest absolute Gasteiger partial charge is 0.482 e. The van der Waals surface area contributed by atoms with Crippen molar-refractivity contribution in [2.45, 2.75) is 11.3 Å². The molecule has 0 heterocycles. The van der Waals surface area contributed by atoms with Crippen molar-refractivity contribution in [3.05, 3.63) is 60.2 Å². The Bertz CT molecular complexity index is 750. The average Bonchev–Trinajstić information content (AvgIpc) is 2.67. The van der Waals surface area contributed by atoms with Crippen LogP contribution in [-0.2, 0) is 14.3 Å². The van der Waals surface area contributed by atoms with Gasteiger partial charge in [-0.2, -0.15) is 5.10 Å². The second kappa shape index (κ2) is 10.9. The van der Waals surface area contributed by atoms with Crippen LogP contribution in [0.25, 0.3) is 0 Å². The maximum Gasteiger partial charge on any atom is 0.343 e. The first kappa shape index (κ1) is 19.5. The number of nitrogens with one attached hydrogen (secondary N) is 1. The maximum atomic E-state index is 11.8. The molecular weight excluding hydrogens is 352 g/mol. The zero-order chi connectivity index (χ0) is 18.6. The summed E-state index contributed by atoms with van der Waals surface area (Å²) in [5, 5.41) is 3.94. The van der Waals surface area contributed by atoms with Gasteiger partial charge in [0.1, 0.15) is 5.75 Å². The lowest BCUT2D eigenvalue weighted by Crippen LogP contribution is -2.17. The van der Waals surface area contributed by atoms with Crippen LogP contribution in [0.2, 0.25) is 0 Å². The standard InChI is InChI=1S/C19H20N2O4S/c1-24-19(23)14-25-16-7-5-6-15(12-16)13-20-21-18(22)10-11-26-17-8-3-2-4-9-17/h2-9,12-13H,10-11,14H2,1H3,(H,21,22).